The third kappa shape index (κ3) is 4.46. The van der Waals surface area contributed by atoms with E-state index in [9.17, 15) is 10.2 Å². The number of halogens is 4. The minimum absolute atomic E-state index is 0. The van der Waals surface area contributed by atoms with Gasteiger partial charge in [-0.25, -0.2) is 0 Å². The van der Waals surface area contributed by atoms with E-state index in [1.807, 2.05) is 30.3 Å². The Hall–Kier alpha value is -0.110. The number of hydrogen-bond acceptors (Lipinski definition) is 3. The minimum atomic E-state index is -0.763. The lowest BCUT2D eigenvalue weighted by Crippen LogP contribution is -2.28. The third-order valence-electron chi connectivity index (χ3n) is 3.22. The highest BCUT2D eigenvalue weighted by atomic mass is 79.9. The van der Waals surface area contributed by atoms with Crippen molar-refractivity contribution < 1.29 is 10.2 Å². The van der Waals surface area contributed by atoms with E-state index in [2.05, 4.69) is 47.8 Å². The highest BCUT2D eigenvalue weighted by Crippen LogP contribution is 2.42. The second-order valence-electron chi connectivity index (χ2n) is 4.70. The Labute approximate surface area is 160 Å². The van der Waals surface area contributed by atoms with Crippen LogP contribution >= 0.6 is 60.2 Å². The topological polar surface area (TPSA) is 66.5 Å². The molecule has 0 saturated carbocycles. The number of nitrogens with two attached hydrogens (primary N) is 1. The molecule has 2 rings (SSSR count). The predicted octanol–water partition coefficient (Wildman–Crippen LogP) is 4.70. The maximum atomic E-state index is 10.4. The van der Waals surface area contributed by atoms with Gasteiger partial charge in [0.2, 0.25) is 0 Å². The molecule has 3 nitrogen and oxygen atoms in total. The van der Waals surface area contributed by atoms with Gasteiger partial charge in [0.25, 0.3) is 0 Å². The summed E-state index contributed by atoms with van der Waals surface area (Å²) in [6.07, 6.45) is -0.321. The van der Waals surface area contributed by atoms with Gasteiger partial charge in [-0.1, -0.05) is 46.3 Å². The fraction of sp³-hybridized carbons (Fsp3) is 0.200. The van der Waals surface area contributed by atoms with Crippen LogP contribution in [0.1, 0.15) is 17.2 Å². The van der Waals surface area contributed by atoms with Crippen molar-refractivity contribution >= 4 is 60.2 Å². The summed E-state index contributed by atoms with van der Waals surface area (Å²) in [5, 5.41) is 20.4. The van der Waals surface area contributed by atoms with Crippen LogP contribution in [0.15, 0.2) is 49.8 Å². The first kappa shape index (κ1) is 19.9. The highest BCUT2D eigenvalue weighted by molar-refractivity contribution is 9.11. The van der Waals surface area contributed by atoms with Gasteiger partial charge in [-0.3, -0.25) is 0 Å². The summed E-state index contributed by atoms with van der Waals surface area (Å²) in [4.78, 5) is 0. The molecular formula is C15H15Br3ClNO2. The number of benzene rings is 2. The van der Waals surface area contributed by atoms with E-state index in [4.69, 9.17) is 5.73 Å². The van der Waals surface area contributed by atoms with Gasteiger partial charge in [-0.05, 0) is 43.5 Å². The maximum absolute atomic E-state index is 10.4. The molecule has 120 valence electrons. The minimum Gasteiger partial charge on any atom is -0.506 e. The van der Waals surface area contributed by atoms with Crippen LogP contribution in [0, 0.1) is 0 Å². The molecule has 0 bridgehead atoms. The Morgan fingerprint density at radius 2 is 1.64 bits per heavy atom. The van der Waals surface area contributed by atoms with Crippen LogP contribution in [-0.2, 0) is 6.42 Å². The van der Waals surface area contributed by atoms with E-state index in [0.717, 1.165) is 10.0 Å². The lowest BCUT2D eigenvalue weighted by Gasteiger charge is -2.22. The molecule has 0 fully saturated rings. The zero-order chi connectivity index (χ0) is 15.6. The number of rotatable bonds is 4. The molecular weight excluding hydrogens is 501 g/mol. The third-order valence-corrected chi connectivity index (χ3v) is 5.28. The zero-order valence-corrected chi connectivity index (χ0v) is 16.9. The molecule has 2 aromatic carbocycles. The smallest absolute Gasteiger partial charge is 0.144 e. The van der Waals surface area contributed by atoms with Crippen molar-refractivity contribution in [2.75, 3.05) is 0 Å². The molecule has 2 atom stereocenters. The SMILES string of the molecule is Cl.N[C@H](c1c(Br)cc(Br)c(O)c1Br)[C@@H](O)Cc1ccccc1. The van der Waals surface area contributed by atoms with Crippen molar-refractivity contribution in [2.24, 2.45) is 5.73 Å². The van der Waals surface area contributed by atoms with E-state index >= 15 is 0 Å². The van der Waals surface area contributed by atoms with E-state index in [1.54, 1.807) is 6.07 Å². The zero-order valence-electron chi connectivity index (χ0n) is 11.3. The number of hydrogen-bond donors (Lipinski definition) is 3. The van der Waals surface area contributed by atoms with Crippen LogP contribution in [0.3, 0.4) is 0 Å². The average molecular weight is 516 g/mol. The summed E-state index contributed by atoms with van der Waals surface area (Å²) in [6.45, 7) is 0. The van der Waals surface area contributed by atoms with Gasteiger partial charge in [0.05, 0.1) is 21.1 Å². The Bertz CT molecular complexity index is 640. The number of aliphatic hydroxyl groups excluding tert-OH is 1. The molecule has 0 heterocycles. The second-order valence-corrected chi connectivity index (χ2v) is 7.20. The summed E-state index contributed by atoms with van der Waals surface area (Å²) in [7, 11) is 0. The predicted molar refractivity (Wildman–Crippen MR) is 102 cm³/mol. The molecule has 0 unspecified atom stereocenters. The quantitative estimate of drug-likeness (QED) is 0.552. The molecule has 0 aromatic heterocycles. The van der Waals surface area contributed by atoms with Crippen LogP contribution in [0.4, 0.5) is 0 Å². The molecule has 0 spiro atoms. The van der Waals surface area contributed by atoms with Crippen LogP contribution in [0.2, 0.25) is 0 Å². The van der Waals surface area contributed by atoms with E-state index in [0.29, 0.717) is 20.9 Å². The Morgan fingerprint density at radius 3 is 2.23 bits per heavy atom. The Balaban J connectivity index is 0.00000242. The molecule has 0 aliphatic rings. The summed E-state index contributed by atoms with van der Waals surface area (Å²) in [5.41, 5.74) is 7.82. The van der Waals surface area contributed by atoms with Gasteiger partial charge in [0, 0.05) is 16.5 Å². The average Bonchev–Trinajstić information content (AvgIpc) is 2.45. The molecule has 2 aromatic rings. The Morgan fingerprint density at radius 1 is 1.05 bits per heavy atom. The first-order valence-electron chi connectivity index (χ1n) is 6.25. The number of aromatic hydroxyl groups is 1. The maximum Gasteiger partial charge on any atom is 0.144 e. The standard InChI is InChI=1S/C15H14Br3NO2.ClH/c16-9-7-10(17)15(21)13(18)12(9)14(19)11(20)6-8-4-2-1-3-5-8;/h1-5,7,11,14,20-21H,6,19H2;1H/t11-,14-;/m0./s1. The van der Waals surface area contributed by atoms with Gasteiger partial charge in [-0.15, -0.1) is 12.4 Å². The van der Waals surface area contributed by atoms with Gasteiger partial charge < -0.3 is 15.9 Å². The first-order chi connectivity index (χ1) is 9.91. The van der Waals surface area contributed by atoms with E-state index < -0.39 is 12.1 Å². The van der Waals surface area contributed by atoms with Gasteiger partial charge in [0.15, 0.2) is 0 Å². The van der Waals surface area contributed by atoms with Gasteiger partial charge in [-0.2, -0.15) is 0 Å². The second kappa shape index (κ2) is 8.66. The molecule has 0 radical (unpaired) electrons. The summed E-state index contributed by atoms with van der Waals surface area (Å²) in [5.74, 6) is 0.0653. The van der Waals surface area contributed by atoms with Crippen molar-refractivity contribution in [1.82, 2.24) is 0 Å². The first-order valence-corrected chi connectivity index (χ1v) is 8.63. The van der Waals surface area contributed by atoms with Crippen molar-refractivity contribution in [3.05, 3.63) is 60.9 Å². The molecule has 22 heavy (non-hydrogen) atoms. The number of phenols is 1. The van der Waals surface area contributed by atoms with Crippen LogP contribution < -0.4 is 5.73 Å². The largest absolute Gasteiger partial charge is 0.506 e. The molecule has 0 aliphatic carbocycles. The summed E-state index contributed by atoms with van der Waals surface area (Å²) >= 11 is 10.0. The fourth-order valence-corrected chi connectivity index (χ4v) is 4.72. The normalized spacial score (nSPS) is 13.3. The molecule has 4 N–H and O–H groups in total. The van der Waals surface area contributed by atoms with Crippen molar-refractivity contribution in [3.8, 4) is 5.75 Å². The number of aliphatic hydroxyl groups is 1. The van der Waals surface area contributed by atoms with E-state index in [-0.39, 0.29) is 18.2 Å². The lowest BCUT2D eigenvalue weighted by atomic mass is 9.96. The van der Waals surface area contributed by atoms with Crippen molar-refractivity contribution in [3.63, 3.8) is 0 Å². The Kier molecular flexibility index (Phi) is 7.85. The van der Waals surface area contributed by atoms with Crippen LogP contribution in [0.5, 0.6) is 5.75 Å². The molecule has 0 saturated heterocycles. The molecule has 7 heteroatoms. The van der Waals surface area contributed by atoms with Crippen LogP contribution in [0.25, 0.3) is 0 Å². The summed E-state index contributed by atoms with van der Waals surface area (Å²) in [6, 6.07) is 10.7. The van der Waals surface area contributed by atoms with Gasteiger partial charge in [0.1, 0.15) is 5.75 Å². The van der Waals surface area contributed by atoms with Crippen molar-refractivity contribution in [1.29, 1.82) is 0 Å². The summed E-state index contributed by atoms with van der Waals surface area (Å²) < 4.78 is 1.75. The van der Waals surface area contributed by atoms with E-state index in [1.165, 1.54) is 0 Å². The van der Waals surface area contributed by atoms with Gasteiger partial charge >= 0.3 is 0 Å². The highest BCUT2D eigenvalue weighted by Gasteiger charge is 2.24. The fourth-order valence-electron chi connectivity index (χ4n) is 2.08. The lowest BCUT2D eigenvalue weighted by molar-refractivity contribution is 0.144. The molecule has 0 aliphatic heterocycles. The van der Waals surface area contributed by atoms with Crippen molar-refractivity contribution in [2.45, 2.75) is 18.6 Å². The monoisotopic (exact) mass is 513 g/mol. The number of phenolic OH excluding ortho intramolecular Hbond substituents is 1. The van der Waals surface area contributed by atoms with Crippen LogP contribution in [-0.4, -0.2) is 16.3 Å². The molecule has 0 amide bonds.